The zero-order chi connectivity index (χ0) is 21.2. The van der Waals surface area contributed by atoms with Crippen LogP contribution in [0.1, 0.15) is 41.3 Å². The van der Waals surface area contributed by atoms with Gasteiger partial charge in [-0.15, -0.1) is 0 Å². The highest BCUT2D eigenvalue weighted by Crippen LogP contribution is 2.37. The van der Waals surface area contributed by atoms with Crippen molar-refractivity contribution in [3.8, 4) is 0 Å². The number of benzene rings is 2. The number of carbonyl (C=O) groups excluding carboxylic acids is 1. The Morgan fingerprint density at radius 1 is 1.21 bits per heavy atom. The number of nitrogens with zero attached hydrogens (tertiary/aromatic N) is 1. The van der Waals surface area contributed by atoms with Crippen LogP contribution < -0.4 is 9.62 Å². The number of rotatable bonds is 5. The van der Waals surface area contributed by atoms with E-state index in [1.165, 1.54) is 0 Å². The summed E-state index contributed by atoms with van der Waals surface area (Å²) in [5.41, 5.74) is 0.634. The van der Waals surface area contributed by atoms with Gasteiger partial charge in [0.15, 0.2) is 0 Å². The third kappa shape index (κ3) is 5.32. The molecule has 2 aromatic rings. The van der Waals surface area contributed by atoms with E-state index in [0.29, 0.717) is 18.4 Å². The van der Waals surface area contributed by atoms with Gasteiger partial charge in [-0.05, 0) is 60.7 Å². The number of hydrogen-bond donors (Lipinski definition) is 1. The summed E-state index contributed by atoms with van der Waals surface area (Å²) in [7, 11) is 0. The van der Waals surface area contributed by atoms with Gasteiger partial charge in [0.2, 0.25) is 0 Å². The van der Waals surface area contributed by atoms with Crippen LogP contribution in [-0.4, -0.2) is 18.2 Å². The van der Waals surface area contributed by atoms with E-state index in [0.717, 1.165) is 36.5 Å². The molecule has 0 radical (unpaired) electrons. The molecule has 9 heteroatoms. The van der Waals surface area contributed by atoms with E-state index < -0.39 is 17.6 Å². The highest BCUT2D eigenvalue weighted by atomic mass is 35.5. The fourth-order valence-electron chi connectivity index (χ4n) is 3.09. The second-order valence-electron chi connectivity index (χ2n) is 6.70. The first-order chi connectivity index (χ1) is 13.7. The lowest BCUT2D eigenvalue weighted by Gasteiger charge is -2.18. The molecule has 0 spiro atoms. The van der Waals surface area contributed by atoms with E-state index in [2.05, 4.69) is 5.32 Å². The molecule has 0 aliphatic carbocycles. The molecule has 3 nitrogen and oxygen atoms in total. The lowest BCUT2D eigenvalue weighted by atomic mass is 10.0. The molecule has 1 amide bonds. The Morgan fingerprint density at radius 3 is 2.59 bits per heavy atom. The second-order valence-corrected chi connectivity index (χ2v) is 8.59. The summed E-state index contributed by atoms with van der Waals surface area (Å²) in [6.45, 7) is 2.69. The third-order valence-electron chi connectivity index (χ3n) is 4.41. The summed E-state index contributed by atoms with van der Waals surface area (Å²) in [5, 5.41) is 2.84. The molecule has 0 atom stereocenters. The number of nitrogens with one attached hydrogen (secondary N) is 1. The average Bonchev–Trinajstić information content (AvgIpc) is 3.18. The van der Waals surface area contributed by atoms with Crippen LogP contribution in [0.2, 0.25) is 10.0 Å². The van der Waals surface area contributed by atoms with Crippen LogP contribution in [-0.2, 0) is 12.6 Å². The summed E-state index contributed by atoms with van der Waals surface area (Å²) < 4.78 is 41.7. The van der Waals surface area contributed by atoms with E-state index >= 15 is 0 Å². The minimum Gasteiger partial charge on any atom is -0.322 e. The van der Waals surface area contributed by atoms with Gasteiger partial charge in [0.1, 0.15) is 0 Å². The van der Waals surface area contributed by atoms with Gasteiger partial charge in [-0.1, -0.05) is 36.5 Å². The lowest BCUT2D eigenvalue weighted by molar-refractivity contribution is -0.137. The zero-order valence-electron chi connectivity index (χ0n) is 15.6. The maximum Gasteiger partial charge on any atom is 0.416 e. The fraction of sp³-hybridized carbons (Fsp3) is 0.350. The van der Waals surface area contributed by atoms with Gasteiger partial charge in [-0.25, -0.2) is 0 Å². The molecular weight excluding hydrogens is 444 g/mol. The van der Waals surface area contributed by atoms with Crippen LogP contribution in [0.5, 0.6) is 0 Å². The number of carbonyl (C=O) groups is 1. The summed E-state index contributed by atoms with van der Waals surface area (Å²) in [4.78, 5) is 12.8. The molecule has 1 heterocycles. The van der Waals surface area contributed by atoms with Crippen molar-refractivity contribution < 1.29 is 18.0 Å². The number of amides is 1. The van der Waals surface area contributed by atoms with Crippen LogP contribution in [0.25, 0.3) is 0 Å². The van der Waals surface area contributed by atoms with E-state index in [1.807, 2.05) is 11.2 Å². The molecule has 1 aliphatic heterocycles. The van der Waals surface area contributed by atoms with Crippen molar-refractivity contribution in [2.75, 3.05) is 21.9 Å². The Kier molecular flexibility index (Phi) is 6.91. The molecule has 0 aromatic heterocycles. The summed E-state index contributed by atoms with van der Waals surface area (Å²) in [5.74, 6) is 0.358. The lowest BCUT2D eigenvalue weighted by Crippen LogP contribution is -2.16. The minimum absolute atomic E-state index is 0.0675. The van der Waals surface area contributed by atoms with E-state index in [1.54, 1.807) is 30.1 Å². The van der Waals surface area contributed by atoms with Crippen molar-refractivity contribution in [2.45, 2.75) is 32.4 Å². The van der Waals surface area contributed by atoms with E-state index in [-0.39, 0.29) is 21.3 Å². The van der Waals surface area contributed by atoms with Crippen molar-refractivity contribution >= 4 is 52.4 Å². The van der Waals surface area contributed by atoms with Gasteiger partial charge < -0.3 is 9.62 Å². The largest absolute Gasteiger partial charge is 0.416 e. The Morgan fingerprint density at radius 2 is 1.97 bits per heavy atom. The molecule has 1 fully saturated rings. The molecule has 1 aliphatic rings. The highest BCUT2D eigenvalue weighted by molar-refractivity contribution is 8.00. The van der Waals surface area contributed by atoms with Crippen molar-refractivity contribution in [1.29, 1.82) is 0 Å². The molecule has 156 valence electrons. The van der Waals surface area contributed by atoms with Crippen LogP contribution in [0.4, 0.5) is 24.5 Å². The van der Waals surface area contributed by atoms with Gasteiger partial charge in [0.25, 0.3) is 5.91 Å². The van der Waals surface area contributed by atoms with Crippen LogP contribution in [0.15, 0.2) is 30.3 Å². The quantitative estimate of drug-likeness (QED) is 0.481. The second kappa shape index (κ2) is 9.06. The van der Waals surface area contributed by atoms with Crippen molar-refractivity contribution in [1.82, 2.24) is 0 Å². The molecule has 0 unspecified atom stereocenters. The molecule has 2 aromatic carbocycles. The van der Waals surface area contributed by atoms with Crippen LogP contribution >= 0.6 is 35.1 Å². The number of hydrogen-bond acceptors (Lipinski definition) is 3. The average molecular weight is 463 g/mol. The van der Waals surface area contributed by atoms with Gasteiger partial charge in [-0.2, -0.15) is 13.2 Å². The molecule has 29 heavy (non-hydrogen) atoms. The van der Waals surface area contributed by atoms with Gasteiger partial charge in [0.05, 0.1) is 21.2 Å². The topological polar surface area (TPSA) is 32.3 Å². The van der Waals surface area contributed by atoms with Crippen molar-refractivity contribution in [3.63, 3.8) is 0 Å². The molecule has 1 saturated heterocycles. The molecule has 0 bridgehead atoms. The summed E-state index contributed by atoms with van der Waals surface area (Å²) in [6, 6.07) is 6.87. The summed E-state index contributed by atoms with van der Waals surface area (Å²) in [6.07, 6.45) is -2.33. The predicted octanol–water partition coefficient (Wildman–Crippen LogP) is 7.08. The standard InChI is InChI=1S/C20H19Cl2F3N2OS/c1-2-4-12-7-13(20(23,24)25)9-14(8-12)26-19(28)16-10-15(11-17(21)18(16)22)27-5-3-6-29-27/h7-11H,2-6H2,1H3,(H,26,28). The van der Waals surface area contributed by atoms with Crippen LogP contribution in [0.3, 0.4) is 0 Å². The van der Waals surface area contributed by atoms with Crippen molar-refractivity contribution in [2.24, 2.45) is 0 Å². The predicted molar refractivity (Wildman–Crippen MR) is 114 cm³/mol. The zero-order valence-corrected chi connectivity index (χ0v) is 17.9. The normalized spacial score (nSPS) is 14.3. The molecule has 3 rings (SSSR count). The first kappa shape index (κ1) is 22.1. The molecule has 1 N–H and O–H groups in total. The highest BCUT2D eigenvalue weighted by Gasteiger charge is 2.31. The Balaban J connectivity index is 1.92. The monoisotopic (exact) mass is 462 g/mol. The number of anilines is 2. The maximum atomic E-state index is 13.2. The van der Waals surface area contributed by atoms with E-state index in [9.17, 15) is 18.0 Å². The molecular formula is C20H19Cl2F3N2OS. The van der Waals surface area contributed by atoms with Crippen molar-refractivity contribution in [3.05, 3.63) is 57.1 Å². The van der Waals surface area contributed by atoms with Gasteiger partial charge in [0, 0.05) is 23.7 Å². The smallest absolute Gasteiger partial charge is 0.322 e. The fourth-order valence-corrected chi connectivity index (χ4v) is 4.49. The number of alkyl halides is 3. The Hall–Kier alpha value is -1.57. The minimum atomic E-state index is -4.50. The third-order valence-corrected chi connectivity index (χ3v) is 6.39. The first-order valence-corrected chi connectivity index (χ1v) is 10.8. The Labute approximate surface area is 181 Å². The summed E-state index contributed by atoms with van der Waals surface area (Å²) >= 11 is 14.0. The van der Waals surface area contributed by atoms with E-state index in [4.69, 9.17) is 23.2 Å². The Bertz CT molecular complexity index is 915. The first-order valence-electron chi connectivity index (χ1n) is 9.11. The van der Waals surface area contributed by atoms with Crippen LogP contribution in [0, 0.1) is 0 Å². The molecule has 0 saturated carbocycles. The number of halogens is 5. The van der Waals surface area contributed by atoms with Gasteiger partial charge >= 0.3 is 6.18 Å². The number of aryl methyl sites for hydroxylation is 1. The van der Waals surface area contributed by atoms with Gasteiger partial charge in [-0.3, -0.25) is 4.79 Å². The SMILES string of the molecule is CCCc1cc(NC(=O)c2cc(N3CCCS3)cc(Cl)c2Cl)cc(C(F)(F)F)c1. The maximum absolute atomic E-state index is 13.2.